The Morgan fingerprint density at radius 2 is 2.29 bits per heavy atom. The van der Waals surface area contributed by atoms with Crippen molar-refractivity contribution in [2.24, 2.45) is 0 Å². The van der Waals surface area contributed by atoms with E-state index in [1.165, 1.54) is 25.7 Å². The Bertz CT molecular complexity index is 291. The molecule has 1 fully saturated rings. The third-order valence-electron chi connectivity index (χ3n) is 2.95. The highest BCUT2D eigenvalue weighted by Crippen LogP contribution is 2.29. The first-order chi connectivity index (χ1) is 6.81. The molecule has 14 heavy (non-hydrogen) atoms. The maximum atomic E-state index is 9.57. The monoisotopic (exact) mass is 195 g/mol. The lowest BCUT2D eigenvalue weighted by Gasteiger charge is -2.07. The molecule has 1 saturated carbocycles. The van der Waals surface area contributed by atoms with Crippen molar-refractivity contribution in [2.75, 3.05) is 0 Å². The Hall–Kier alpha value is -0.900. The van der Waals surface area contributed by atoms with Crippen LogP contribution < -0.4 is 0 Å². The Balaban J connectivity index is 2.08. The number of aliphatic hydroxyl groups excluding tert-OH is 1. The van der Waals surface area contributed by atoms with Gasteiger partial charge in [-0.25, -0.2) is 4.68 Å². The van der Waals surface area contributed by atoms with E-state index in [9.17, 15) is 5.11 Å². The summed E-state index contributed by atoms with van der Waals surface area (Å²) in [6.45, 7) is 1.94. The van der Waals surface area contributed by atoms with Crippen molar-refractivity contribution >= 4 is 0 Å². The molecule has 0 spiro atoms. The zero-order chi connectivity index (χ0) is 9.97. The number of aromatic nitrogens is 3. The van der Waals surface area contributed by atoms with Crippen LogP contribution in [0.15, 0.2) is 6.20 Å². The van der Waals surface area contributed by atoms with Gasteiger partial charge in [0.2, 0.25) is 0 Å². The lowest BCUT2D eigenvalue weighted by Crippen LogP contribution is -2.04. The highest BCUT2D eigenvalue weighted by Gasteiger charge is 2.19. The molecule has 1 aromatic heterocycles. The molecule has 0 aliphatic heterocycles. The molecule has 0 bridgehead atoms. The number of rotatable bonds is 3. The summed E-state index contributed by atoms with van der Waals surface area (Å²) >= 11 is 0. The third kappa shape index (κ3) is 1.80. The summed E-state index contributed by atoms with van der Waals surface area (Å²) in [6.07, 6.45) is 7.11. The third-order valence-corrected chi connectivity index (χ3v) is 2.95. The van der Waals surface area contributed by atoms with Gasteiger partial charge in [0.15, 0.2) is 0 Å². The van der Waals surface area contributed by atoms with Gasteiger partial charge in [0.1, 0.15) is 5.69 Å². The molecule has 1 heterocycles. The van der Waals surface area contributed by atoms with E-state index in [2.05, 4.69) is 10.3 Å². The van der Waals surface area contributed by atoms with Crippen molar-refractivity contribution in [3.8, 4) is 0 Å². The molecular weight excluding hydrogens is 178 g/mol. The predicted molar refractivity (Wildman–Crippen MR) is 52.8 cm³/mol. The van der Waals surface area contributed by atoms with Crippen molar-refractivity contribution in [3.05, 3.63) is 11.9 Å². The largest absolute Gasteiger partial charge is 0.387 e. The first-order valence-corrected chi connectivity index (χ1v) is 5.41. The highest BCUT2D eigenvalue weighted by atomic mass is 16.3. The summed E-state index contributed by atoms with van der Waals surface area (Å²) in [5.41, 5.74) is 0.708. The maximum Gasteiger partial charge on any atom is 0.111 e. The van der Waals surface area contributed by atoms with E-state index in [4.69, 9.17) is 0 Å². The van der Waals surface area contributed by atoms with Crippen LogP contribution in [0.2, 0.25) is 0 Å². The minimum absolute atomic E-state index is 0.454. The van der Waals surface area contributed by atoms with Gasteiger partial charge in [-0.15, -0.1) is 5.10 Å². The Morgan fingerprint density at radius 1 is 1.57 bits per heavy atom. The van der Waals surface area contributed by atoms with Gasteiger partial charge in [-0.05, 0) is 19.3 Å². The van der Waals surface area contributed by atoms with Gasteiger partial charge < -0.3 is 5.11 Å². The summed E-state index contributed by atoms with van der Waals surface area (Å²) in [7, 11) is 0. The molecule has 0 radical (unpaired) electrons. The highest BCUT2D eigenvalue weighted by molar-refractivity contribution is 4.98. The Labute approximate surface area is 83.9 Å². The normalized spacial score (nSPS) is 20.1. The molecule has 4 nitrogen and oxygen atoms in total. The zero-order valence-electron chi connectivity index (χ0n) is 8.56. The van der Waals surface area contributed by atoms with Gasteiger partial charge in [0, 0.05) is 0 Å². The fourth-order valence-electron chi connectivity index (χ4n) is 2.00. The maximum absolute atomic E-state index is 9.57. The van der Waals surface area contributed by atoms with E-state index in [0.29, 0.717) is 18.2 Å². The average Bonchev–Trinajstić information content (AvgIpc) is 2.86. The van der Waals surface area contributed by atoms with Crippen molar-refractivity contribution in [1.29, 1.82) is 0 Å². The minimum Gasteiger partial charge on any atom is -0.387 e. The van der Waals surface area contributed by atoms with Gasteiger partial charge in [-0.3, -0.25) is 0 Å². The summed E-state index contributed by atoms with van der Waals surface area (Å²) < 4.78 is 1.92. The van der Waals surface area contributed by atoms with Crippen LogP contribution in [0.5, 0.6) is 0 Å². The first-order valence-electron chi connectivity index (χ1n) is 5.41. The van der Waals surface area contributed by atoms with Gasteiger partial charge >= 0.3 is 0 Å². The molecule has 2 rings (SSSR count). The van der Waals surface area contributed by atoms with Crippen LogP contribution in [-0.2, 0) is 0 Å². The van der Waals surface area contributed by atoms with Crippen molar-refractivity contribution in [3.63, 3.8) is 0 Å². The van der Waals surface area contributed by atoms with E-state index in [0.717, 1.165) is 0 Å². The molecule has 0 amide bonds. The van der Waals surface area contributed by atoms with E-state index in [1.807, 2.05) is 17.8 Å². The van der Waals surface area contributed by atoms with Gasteiger partial charge in [0.25, 0.3) is 0 Å². The van der Waals surface area contributed by atoms with E-state index in [1.54, 1.807) is 0 Å². The zero-order valence-corrected chi connectivity index (χ0v) is 8.56. The van der Waals surface area contributed by atoms with Crippen LogP contribution in [0.1, 0.15) is 56.9 Å². The summed E-state index contributed by atoms with van der Waals surface area (Å²) in [4.78, 5) is 0. The van der Waals surface area contributed by atoms with Crippen molar-refractivity contribution < 1.29 is 5.11 Å². The van der Waals surface area contributed by atoms with Crippen LogP contribution in [0.3, 0.4) is 0 Å². The van der Waals surface area contributed by atoms with Crippen molar-refractivity contribution in [2.45, 2.75) is 51.2 Å². The second kappa shape index (κ2) is 4.09. The first kappa shape index (κ1) is 9.65. The molecule has 1 aliphatic rings. The molecule has 4 heteroatoms. The quantitative estimate of drug-likeness (QED) is 0.800. The smallest absolute Gasteiger partial charge is 0.111 e. The number of nitrogens with zero attached hydrogens (tertiary/aromatic N) is 3. The number of hydrogen-bond donors (Lipinski definition) is 1. The summed E-state index contributed by atoms with van der Waals surface area (Å²) in [6, 6.07) is 0.514. The minimum atomic E-state index is -0.454. The van der Waals surface area contributed by atoms with E-state index >= 15 is 0 Å². The van der Waals surface area contributed by atoms with Gasteiger partial charge in [-0.2, -0.15) is 0 Å². The van der Waals surface area contributed by atoms with Crippen molar-refractivity contribution in [1.82, 2.24) is 15.0 Å². The van der Waals surface area contributed by atoms with Crippen LogP contribution in [0.25, 0.3) is 0 Å². The second-order valence-electron chi connectivity index (χ2n) is 3.99. The Morgan fingerprint density at radius 3 is 2.93 bits per heavy atom. The summed E-state index contributed by atoms with van der Waals surface area (Å²) in [5, 5.41) is 17.6. The van der Waals surface area contributed by atoms with Crippen LogP contribution in [-0.4, -0.2) is 20.1 Å². The molecular formula is C10H17N3O. The van der Waals surface area contributed by atoms with Gasteiger partial charge in [-0.1, -0.05) is 25.0 Å². The molecule has 1 unspecified atom stereocenters. The van der Waals surface area contributed by atoms with Gasteiger partial charge in [0.05, 0.1) is 18.3 Å². The topological polar surface area (TPSA) is 50.9 Å². The van der Waals surface area contributed by atoms with Crippen LogP contribution in [0.4, 0.5) is 0 Å². The molecule has 0 saturated heterocycles. The summed E-state index contributed by atoms with van der Waals surface area (Å²) in [5.74, 6) is 0. The fourth-order valence-corrected chi connectivity index (χ4v) is 2.00. The van der Waals surface area contributed by atoms with E-state index < -0.39 is 6.10 Å². The number of hydrogen-bond acceptors (Lipinski definition) is 3. The Kier molecular flexibility index (Phi) is 2.82. The molecule has 1 aliphatic carbocycles. The SMILES string of the molecule is CCC(O)c1cn(C2CCCC2)nn1. The number of aliphatic hydroxyl groups is 1. The van der Waals surface area contributed by atoms with Crippen LogP contribution in [0, 0.1) is 0 Å². The molecule has 0 aromatic carbocycles. The molecule has 1 N–H and O–H groups in total. The lowest BCUT2D eigenvalue weighted by molar-refractivity contribution is 0.168. The molecule has 1 atom stereocenters. The second-order valence-corrected chi connectivity index (χ2v) is 3.99. The van der Waals surface area contributed by atoms with E-state index in [-0.39, 0.29) is 0 Å². The lowest BCUT2D eigenvalue weighted by atomic mass is 10.2. The molecule has 78 valence electrons. The average molecular weight is 195 g/mol. The molecule has 1 aromatic rings. The predicted octanol–water partition coefficient (Wildman–Crippen LogP) is 1.84. The van der Waals surface area contributed by atoms with Crippen LogP contribution >= 0.6 is 0 Å². The standard InChI is InChI=1S/C10H17N3O/c1-2-10(14)9-7-13(12-11-9)8-5-3-4-6-8/h7-8,10,14H,2-6H2,1H3. The fraction of sp³-hybridized carbons (Fsp3) is 0.800.